The molecule has 0 saturated heterocycles. The molecule has 3 heterocycles. The number of fused-ring (bicyclic) bond motifs is 1. The van der Waals surface area contributed by atoms with E-state index in [4.69, 9.17) is 0 Å². The highest BCUT2D eigenvalue weighted by Crippen LogP contribution is 2.36. The number of alkyl halides is 2. The number of pyridine rings is 2. The third-order valence-electron chi connectivity index (χ3n) is 4.25. The van der Waals surface area contributed by atoms with Gasteiger partial charge in [0, 0.05) is 41.3 Å². The Kier molecular flexibility index (Phi) is 5.83. The van der Waals surface area contributed by atoms with Crippen LogP contribution in [0.25, 0.3) is 11.8 Å². The highest BCUT2D eigenvalue weighted by Gasteiger charge is 2.23. The molecule has 2 aromatic rings. The Labute approximate surface area is 169 Å². The maximum Gasteiger partial charge on any atom is 0.264 e. The molecular formula is C21H25F2N5O. The number of hydrogen-bond acceptors (Lipinski definition) is 6. The van der Waals surface area contributed by atoms with Crippen LogP contribution in [-0.4, -0.2) is 38.7 Å². The lowest BCUT2D eigenvalue weighted by molar-refractivity contribution is 0.151. The molecule has 0 aromatic carbocycles. The Morgan fingerprint density at radius 3 is 2.66 bits per heavy atom. The fourth-order valence-electron chi connectivity index (χ4n) is 3.01. The van der Waals surface area contributed by atoms with E-state index < -0.39 is 6.43 Å². The van der Waals surface area contributed by atoms with Gasteiger partial charge in [0.25, 0.3) is 6.43 Å². The van der Waals surface area contributed by atoms with Crippen LogP contribution in [0.5, 0.6) is 0 Å². The van der Waals surface area contributed by atoms with Crippen LogP contribution in [-0.2, 0) is 0 Å². The number of aromatic nitrogens is 2. The van der Waals surface area contributed by atoms with Crippen LogP contribution in [0.1, 0.15) is 43.9 Å². The van der Waals surface area contributed by atoms with Crippen LogP contribution in [0, 0.1) is 0 Å². The SMILES string of the molecule is C=C1c2c(cc(Nc3cc(C(F)F)ccn3)nc2NC(C)(C)C)C=CN1CCO. The van der Waals surface area contributed by atoms with E-state index in [0.717, 1.165) is 16.8 Å². The molecule has 3 rings (SSSR count). The van der Waals surface area contributed by atoms with Crippen LogP contribution in [0.3, 0.4) is 0 Å². The summed E-state index contributed by atoms with van der Waals surface area (Å²) in [4.78, 5) is 10.6. The topological polar surface area (TPSA) is 73.3 Å². The summed E-state index contributed by atoms with van der Waals surface area (Å²) in [6, 6.07) is 4.41. The van der Waals surface area contributed by atoms with Crippen molar-refractivity contribution < 1.29 is 13.9 Å². The van der Waals surface area contributed by atoms with Crippen molar-refractivity contribution in [2.24, 2.45) is 0 Å². The molecule has 2 aromatic heterocycles. The van der Waals surface area contributed by atoms with Gasteiger partial charge in [0.15, 0.2) is 0 Å². The Morgan fingerprint density at radius 2 is 2.00 bits per heavy atom. The number of β-amino-alcohol motifs (C(OH)–C–C–N with tert-alkyl or cyclic N) is 1. The van der Waals surface area contributed by atoms with Gasteiger partial charge < -0.3 is 20.6 Å². The number of halogens is 2. The van der Waals surface area contributed by atoms with E-state index in [9.17, 15) is 13.9 Å². The number of aliphatic hydroxyl groups excluding tert-OH is 1. The first-order valence-electron chi connectivity index (χ1n) is 9.27. The Morgan fingerprint density at radius 1 is 1.24 bits per heavy atom. The lowest BCUT2D eigenvalue weighted by atomic mass is 10.0. The Bertz CT molecular complexity index is 937. The molecule has 0 spiro atoms. The fourth-order valence-corrected chi connectivity index (χ4v) is 3.01. The summed E-state index contributed by atoms with van der Waals surface area (Å²) in [5.74, 6) is 1.37. The van der Waals surface area contributed by atoms with Crippen LogP contribution in [0.2, 0.25) is 0 Å². The minimum absolute atomic E-state index is 0.0000589. The Hall–Kier alpha value is -3.00. The molecule has 0 bridgehead atoms. The molecule has 0 aliphatic carbocycles. The van der Waals surface area contributed by atoms with E-state index in [1.54, 1.807) is 0 Å². The number of rotatable bonds is 6. The highest BCUT2D eigenvalue weighted by atomic mass is 19.3. The van der Waals surface area contributed by atoms with E-state index in [1.807, 2.05) is 44.0 Å². The van der Waals surface area contributed by atoms with Crippen molar-refractivity contribution in [1.82, 2.24) is 14.9 Å². The number of anilines is 3. The summed E-state index contributed by atoms with van der Waals surface area (Å²) in [6.45, 7) is 10.6. The summed E-state index contributed by atoms with van der Waals surface area (Å²) in [6.07, 6.45) is 2.52. The predicted octanol–water partition coefficient (Wildman–Crippen LogP) is 4.62. The maximum absolute atomic E-state index is 13.0. The zero-order valence-electron chi connectivity index (χ0n) is 16.7. The molecule has 0 amide bonds. The molecule has 0 fully saturated rings. The smallest absolute Gasteiger partial charge is 0.264 e. The van der Waals surface area contributed by atoms with Crippen molar-refractivity contribution in [3.63, 3.8) is 0 Å². The van der Waals surface area contributed by atoms with Crippen LogP contribution in [0.15, 0.2) is 37.2 Å². The fraction of sp³-hybridized carbons (Fsp3) is 0.333. The third-order valence-corrected chi connectivity index (χ3v) is 4.25. The summed E-state index contributed by atoms with van der Waals surface area (Å²) >= 11 is 0. The van der Waals surface area contributed by atoms with Crippen molar-refractivity contribution in [3.8, 4) is 0 Å². The standard InChI is InChI=1S/C21H25F2N5O/c1-13-18-14(6-8-28(13)9-10-29)11-17(26-20(18)27-21(2,3)4)25-16-12-15(19(22)23)5-7-24-16/h5-8,11-12,19,29H,1,9-10H2,2-4H3,(H2,24,25,26,27). The largest absolute Gasteiger partial charge is 0.395 e. The van der Waals surface area contributed by atoms with Gasteiger partial charge in [-0.05, 0) is 50.6 Å². The van der Waals surface area contributed by atoms with Crippen LogP contribution < -0.4 is 10.6 Å². The monoisotopic (exact) mass is 401 g/mol. The molecule has 0 radical (unpaired) electrons. The molecule has 1 aliphatic heterocycles. The second-order valence-electron chi connectivity index (χ2n) is 7.77. The van der Waals surface area contributed by atoms with Crippen LogP contribution in [0.4, 0.5) is 26.2 Å². The second kappa shape index (κ2) is 8.16. The van der Waals surface area contributed by atoms with E-state index in [2.05, 4.69) is 27.2 Å². The van der Waals surface area contributed by atoms with Gasteiger partial charge in [-0.25, -0.2) is 18.7 Å². The van der Waals surface area contributed by atoms with Gasteiger partial charge in [0.1, 0.15) is 17.5 Å². The van der Waals surface area contributed by atoms with Gasteiger partial charge in [0.05, 0.1) is 6.61 Å². The van der Waals surface area contributed by atoms with Gasteiger partial charge in [-0.15, -0.1) is 0 Å². The quantitative estimate of drug-likeness (QED) is 0.656. The number of nitrogens with zero attached hydrogens (tertiary/aromatic N) is 3. The molecule has 29 heavy (non-hydrogen) atoms. The van der Waals surface area contributed by atoms with E-state index >= 15 is 0 Å². The Balaban J connectivity index is 2.02. The minimum Gasteiger partial charge on any atom is -0.395 e. The van der Waals surface area contributed by atoms with Gasteiger partial charge in [-0.2, -0.15) is 0 Å². The molecule has 3 N–H and O–H groups in total. The number of aliphatic hydroxyl groups is 1. The summed E-state index contributed by atoms with van der Waals surface area (Å²) in [7, 11) is 0. The molecule has 0 unspecified atom stereocenters. The van der Waals surface area contributed by atoms with E-state index in [0.29, 0.717) is 18.2 Å². The van der Waals surface area contributed by atoms with Crippen molar-refractivity contribution in [2.75, 3.05) is 23.8 Å². The van der Waals surface area contributed by atoms with Gasteiger partial charge >= 0.3 is 0 Å². The summed E-state index contributed by atoms with van der Waals surface area (Å²) < 4.78 is 26.0. The van der Waals surface area contributed by atoms with Crippen molar-refractivity contribution >= 4 is 29.2 Å². The van der Waals surface area contributed by atoms with Gasteiger partial charge in [-0.3, -0.25) is 0 Å². The van der Waals surface area contributed by atoms with Crippen molar-refractivity contribution in [1.29, 1.82) is 0 Å². The van der Waals surface area contributed by atoms with Crippen molar-refractivity contribution in [3.05, 3.63) is 53.9 Å². The minimum atomic E-state index is -2.57. The van der Waals surface area contributed by atoms with E-state index in [-0.39, 0.29) is 23.5 Å². The van der Waals surface area contributed by atoms with Crippen molar-refractivity contribution in [2.45, 2.75) is 32.7 Å². The normalized spacial score (nSPS) is 13.6. The first-order chi connectivity index (χ1) is 13.7. The lowest BCUT2D eigenvalue weighted by Crippen LogP contribution is -2.29. The van der Waals surface area contributed by atoms with E-state index in [1.165, 1.54) is 18.3 Å². The molecule has 8 heteroatoms. The number of nitrogens with one attached hydrogen (secondary N) is 2. The molecule has 1 aliphatic rings. The zero-order chi connectivity index (χ0) is 21.2. The molecule has 0 saturated carbocycles. The average Bonchev–Trinajstić information content (AvgIpc) is 2.63. The van der Waals surface area contributed by atoms with Crippen LogP contribution >= 0.6 is 0 Å². The summed E-state index contributed by atoms with van der Waals surface area (Å²) in [5, 5.41) is 15.7. The molecular weight excluding hydrogens is 376 g/mol. The molecule has 6 nitrogen and oxygen atoms in total. The molecule has 154 valence electrons. The zero-order valence-corrected chi connectivity index (χ0v) is 16.7. The van der Waals surface area contributed by atoms with Gasteiger partial charge in [0.2, 0.25) is 0 Å². The number of hydrogen-bond donors (Lipinski definition) is 3. The highest BCUT2D eigenvalue weighted by molar-refractivity contribution is 5.85. The predicted molar refractivity (Wildman–Crippen MR) is 112 cm³/mol. The first kappa shape index (κ1) is 20.7. The maximum atomic E-state index is 13.0. The molecule has 0 atom stereocenters. The summed E-state index contributed by atoms with van der Waals surface area (Å²) in [5.41, 5.74) is 2.05. The third kappa shape index (κ3) is 4.89. The first-order valence-corrected chi connectivity index (χ1v) is 9.27. The second-order valence-corrected chi connectivity index (χ2v) is 7.77. The lowest BCUT2D eigenvalue weighted by Gasteiger charge is -2.31. The van der Waals surface area contributed by atoms with Gasteiger partial charge in [-0.1, -0.05) is 6.58 Å². The average molecular weight is 401 g/mol.